The summed E-state index contributed by atoms with van der Waals surface area (Å²) < 4.78 is 19.4. The van der Waals surface area contributed by atoms with E-state index in [1.54, 1.807) is 0 Å². The summed E-state index contributed by atoms with van der Waals surface area (Å²) in [4.78, 5) is 9.63. The molecule has 4 rings (SSSR count). The molecule has 0 atom stereocenters. The van der Waals surface area contributed by atoms with Gasteiger partial charge < -0.3 is 23.7 Å². The van der Waals surface area contributed by atoms with Crippen LogP contribution >= 0.6 is 11.6 Å². The van der Waals surface area contributed by atoms with Gasteiger partial charge in [0, 0.05) is 32.7 Å². The van der Waals surface area contributed by atoms with Gasteiger partial charge in [0.1, 0.15) is 13.2 Å². The van der Waals surface area contributed by atoms with Gasteiger partial charge in [-0.15, -0.1) is 0 Å². The summed E-state index contributed by atoms with van der Waals surface area (Å²) in [5.74, 6) is 3.29. The fourth-order valence-electron chi connectivity index (χ4n) is 4.46. The summed E-state index contributed by atoms with van der Waals surface area (Å²) in [5.41, 5.74) is 2.33. The smallest absolute Gasteiger partial charge is 0.207 e. The first-order chi connectivity index (χ1) is 16.5. The van der Waals surface area contributed by atoms with Crippen molar-refractivity contribution < 1.29 is 14.2 Å². The normalized spacial score (nSPS) is 16.0. The fraction of sp³-hybridized carbons (Fsp3) is 0.654. The molecule has 34 heavy (non-hydrogen) atoms. The Morgan fingerprint density at radius 3 is 2.56 bits per heavy atom. The Bertz CT molecular complexity index is 927. The Labute approximate surface area is 208 Å². The molecule has 1 saturated heterocycles. The first-order valence-electron chi connectivity index (χ1n) is 12.7. The number of fused-ring (bicyclic) bond motifs is 1. The molecule has 1 aromatic heterocycles. The number of anilines is 1. The number of morpholine rings is 1. The van der Waals surface area contributed by atoms with Gasteiger partial charge in [0.2, 0.25) is 5.95 Å². The third-order valence-corrected chi connectivity index (χ3v) is 6.74. The third kappa shape index (κ3) is 6.37. The molecule has 0 amide bonds. The Balaban J connectivity index is 1.58. The second-order valence-electron chi connectivity index (χ2n) is 9.63. The summed E-state index contributed by atoms with van der Waals surface area (Å²) in [6, 6.07) is 6.29. The topological polar surface area (TPSA) is 52.0 Å². The van der Waals surface area contributed by atoms with Gasteiger partial charge in [0.25, 0.3) is 0 Å². The number of halogens is 1. The van der Waals surface area contributed by atoms with Crippen molar-refractivity contribution in [1.29, 1.82) is 0 Å². The Kier molecular flexibility index (Phi) is 8.98. The summed E-state index contributed by atoms with van der Waals surface area (Å²) in [6.07, 6.45) is 3.36. The van der Waals surface area contributed by atoms with Crippen molar-refractivity contribution in [2.75, 3.05) is 51.0 Å². The van der Waals surface area contributed by atoms with Gasteiger partial charge in [0.05, 0.1) is 18.9 Å². The quantitative estimate of drug-likeness (QED) is 0.442. The van der Waals surface area contributed by atoms with Crippen LogP contribution in [0, 0.1) is 5.92 Å². The number of aromatic nitrogens is 2. The lowest BCUT2D eigenvalue weighted by Gasteiger charge is -2.29. The van der Waals surface area contributed by atoms with E-state index in [0.29, 0.717) is 24.3 Å². The van der Waals surface area contributed by atoms with Crippen LogP contribution in [-0.2, 0) is 24.4 Å². The van der Waals surface area contributed by atoms with Gasteiger partial charge in [-0.1, -0.05) is 44.9 Å². The molecule has 0 unspecified atom stereocenters. The van der Waals surface area contributed by atoms with E-state index < -0.39 is 0 Å². The van der Waals surface area contributed by atoms with E-state index in [-0.39, 0.29) is 0 Å². The molecule has 8 heteroatoms. The van der Waals surface area contributed by atoms with Gasteiger partial charge >= 0.3 is 0 Å². The van der Waals surface area contributed by atoms with E-state index in [4.69, 9.17) is 30.8 Å². The number of imidazole rings is 1. The van der Waals surface area contributed by atoms with Crippen molar-refractivity contribution in [2.24, 2.45) is 5.92 Å². The zero-order valence-electron chi connectivity index (χ0n) is 20.9. The van der Waals surface area contributed by atoms with Gasteiger partial charge in [-0.05, 0) is 43.0 Å². The lowest BCUT2D eigenvalue weighted by molar-refractivity contribution is 0.121. The van der Waals surface area contributed by atoms with Crippen LogP contribution < -0.4 is 14.4 Å². The number of ether oxygens (including phenoxy) is 3. The average molecular weight is 491 g/mol. The zero-order chi connectivity index (χ0) is 23.9. The van der Waals surface area contributed by atoms with Crippen molar-refractivity contribution in [3.05, 3.63) is 34.6 Å². The van der Waals surface area contributed by atoms with E-state index >= 15 is 0 Å². The van der Waals surface area contributed by atoms with Crippen molar-refractivity contribution in [3.63, 3.8) is 0 Å². The molecule has 1 fully saturated rings. The summed E-state index contributed by atoms with van der Waals surface area (Å²) >= 11 is 6.80. The van der Waals surface area contributed by atoms with Crippen LogP contribution in [0.4, 0.5) is 5.95 Å². The van der Waals surface area contributed by atoms with Crippen molar-refractivity contribution >= 4 is 17.5 Å². The highest BCUT2D eigenvalue weighted by molar-refractivity contribution is 6.30. The molecule has 0 spiro atoms. The van der Waals surface area contributed by atoms with Crippen molar-refractivity contribution in [1.82, 2.24) is 14.5 Å². The second kappa shape index (κ2) is 12.1. The molecule has 3 heterocycles. The molecular formula is C26H39ClN4O3. The predicted octanol–water partition coefficient (Wildman–Crippen LogP) is 4.99. The molecule has 0 aliphatic carbocycles. The zero-order valence-corrected chi connectivity index (χ0v) is 21.6. The minimum Gasteiger partial charge on any atom is -0.486 e. The van der Waals surface area contributed by atoms with E-state index in [1.807, 2.05) is 6.07 Å². The number of hydrogen-bond acceptors (Lipinski definition) is 6. The largest absolute Gasteiger partial charge is 0.486 e. The first-order valence-corrected chi connectivity index (χ1v) is 13.1. The summed E-state index contributed by atoms with van der Waals surface area (Å²) in [7, 11) is 0. The van der Waals surface area contributed by atoms with Gasteiger partial charge in [-0.2, -0.15) is 0 Å². The number of unbranched alkanes of at least 4 members (excludes halogenated alkanes) is 1. The lowest BCUT2D eigenvalue weighted by Crippen LogP contribution is -2.38. The molecule has 0 radical (unpaired) electrons. The Hall–Kier alpha value is -1.96. The molecule has 2 aliphatic rings. The van der Waals surface area contributed by atoms with E-state index in [2.05, 4.69) is 47.3 Å². The summed E-state index contributed by atoms with van der Waals surface area (Å²) in [6.45, 7) is 14.7. The van der Waals surface area contributed by atoms with E-state index in [1.165, 1.54) is 5.56 Å². The Morgan fingerprint density at radius 1 is 1.06 bits per heavy atom. The third-order valence-electron chi connectivity index (χ3n) is 6.44. The molecule has 1 aromatic carbocycles. The lowest BCUT2D eigenvalue weighted by atomic mass is 10.1. The molecular weight excluding hydrogens is 452 g/mol. The average Bonchev–Trinajstić information content (AvgIpc) is 3.16. The predicted molar refractivity (Wildman–Crippen MR) is 136 cm³/mol. The van der Waals surface area contributed by atoms with Gasteiger partial charge in [-0.25, -0.2) is 4.98 Å². The van der Waals surface area contributed by atoms with Crippen LogP contribution in [-0.4, -0.2) is 60.5 Å². The number of benzene rings is 1. The highest BCUT2D eigenvalue weighted by atomic mass is 35.5. The minimum absolute atomic E-state index is 0.601. The maximum absolute atomic E-state index is 6.80. The molecule has 188 valence electrons. The van der Waals surface area contributed by atoms with Crippen LogP contribution in [0.25, 0.3) is 0 Å². The molecule has 2 aliphatic heterocycles. The number of rotatable bonds is 11. The highest BCUT2D eigenvalue weighted by Gasteiger charge is 2.24. The SMILES string of the molecule is CCCCn1c(N2CCOCC2)nc(Cl)c1CN(CCC(C)C)Cc1ccc2c(c1)OCCO2. The van der Waals surface area contributed by atoms with Crippen LogP contribution in [0.15, 0.2) is 18.2 Å². The van der Waals surface area contributed by atoms with Crippen molar-refractivity contribution in [2.45, 2.75) is 59.7 Å². The summed E-state index contributed by atoms with van der Waals surface area (Å²) in [5, 5.41) is 0.620. The maximum Gasteiger partial charge on any atom is 0.207 e. The molecule has 0 saturated carbocycles. The minimum atomic E-state index is 0.601. The number of hydrogen-bond donors (Lipinski definition) is 0. The van der Waals surface area contributed by atoms with Crippen LogP contribution in [0.5, 0.6) is 11.5 Å². The Morgan fingerprint density at radius 2 is 1.82 bits per heavy atom. The van der Waals surface area contributed by atoms with Crippen LogP contribution in [0.3, 0.4) is 0 Å². The highest BCUT2D eigenvalue weighted by Crippen LogP contribution is 2.32. The van der Waals surface area contributed by atoms with Crippen LogP contribution in [0.2, 0.25) is 5.15 Å². The van der Waals surface area contributed by atoms with E-state index in [9.17, 15) is 0 Å². The van der Waals surface area contributed by atoms with Gasteiger partial charge in [-0.3, -0.25) is 4.90 Å². The standard InChI is InChI=1S/C26H39ClN4O3/c1-4-5-9-31-22(25(27)28-26(31)30-11-13-32-14-12-30)19-29(10-8-20(2)3)18-21-6-7-23-24(17-21)34-16-15-33-23/h6-7,17,20H,4-5,8-16,18-19H2,1-3H3. The molecule has 2 aromatic rings. The number of nitrogens with zero attached hydrogens (tertiary/aromatic N) is 4. The second-order valence-corrected chi connectivity index (χ2v) is 9.98. The van der Waals surface area contributed by atoms with Gasteiger partial charge in [0.15, 0.2) is 16.7 Å². The first kappa shape index (κ1) is 25.1. The molecule has 7 nitrogen and oxygen atoms in total. The molecule has 0 N–H and O–H groups in total. The maximum atomic E-state index is 6.80. The molecule has 0 bridgehead atoms. The van der Waals surface area contributed by atoms with E-state index in [0.717, 1.165) is 94.9 Å². The fourth-order valence-corrected chi connectivity index (χ4v) is 4.70. The van der Waals surface area contributed by atoms with Crippen molar-refractivity contribution in [3.8, 4) is 11.5 Å². The monoisotopic (exact) mass is 490 g/mol. The van der Waals surface area contributed by atoms with Crippen LogP contribution in [0.1, 0.15) is 51.3 Å².